The van der Waals surface area contributed by atoms with Crippen LogP contribution >= 0.6 is 11.3 Å². The maximum Gasteiger partial charge on any atom is 0.280 e. The number of aryl methyl sites for hydroxylation is 1. The minimum Gasteiger partial charge on any atom is -0.346 e. The highest BCUT2D eigenvalue weighted by Gasteiger charge is 2.11. The van der Waals surface area contributed by atoms with Crippen molar-refractivity contribution in [2.45, 2.75) is 13.5 Å². The van der Waals surface area contributed by atoms with Gasteiger partial charge in [0.2, 0.25) is 0 Å². The molecule has 0 spiro atoms. The lowest BCUT2D eigenvalue weighted by molar-refractivity contribution is 0.0950. The predicted molar refractivity (Wildman–Crippen MR) is 87.7 cm³/mol. The first-order valence-electron chi connectivity index (χ1n) is 6.92. The molecule has 2 heterocycles. The second-order valence-corrected chi connectivity index (χ2v) is 5.80. The second-order valence-electron chi connectivity index (χ2n) is 4.94. The van der Waals surface area contributed by atoms with Crippen LogP contribution in [0.1, 0.15) is 20.9 Å². The van der Waals surface area contributed by atoms with Crippen LogP contribution in [0, 0.1) is 6.92 Å². The molecule has 1 amide bonds. The van der Waals surface area contributed by atoms with Crippen LogP contribution in [0.3, 0.4) is 0 Å². The summed E-state index contributed by atoms with van der Waals surface area (Å²) in [5.41, 5.74) is 4.04. The number of hydrogen-bond acceptors (Lipinski definition) is 4. The summed E-state index contributed by atoms with van der Waals surface area (Å²) >= 11 is 1.35. The largest absolute Gasteiger partial charge is 0.346 e. The van der Waals surface area contributed by atoms with Gasteiger partial charge in [0, 0.05) is 29.9 Å². The molecule has 0 saturated carbocycles. The molecule has 0 saturated heterocycles. The quantitative estimate of drug-likeness (QED) is 0.803. The lowest BCUT2D eigenvalue weighted by Gasteiger charge is -2.03. The lowest BCUT2D eigenvalue weighted by Crippen LogP contribution is -2.22. The van der Waals surface area contributed by atoms with Crippen LogP contribution in [0.2, 0.25) is 0 Å². The van der Waals surface area contributed by atoms with E-state index in [1.165, 1.54) is 16.9 Å². The number of nitrogens with one attached hydrogen (secondary N) is 1. The Bertz CT molecular complexity index is 766. The standard InChI is InChI=1S/C17H15N3OS/c1-12-2-4-13(5-3-12)10-19-16(21)17-20-15(11-22-17)14-6-8-18-9-7-14/h2-9,11H,10H2,1H3,(H,19,21). The van der Waals surface area contributed by atoms with Gasteiger partial charge in [-0.25, -0.2) is 4.98 Å². The average Bonchev–Trinajstić information content (AvgIpc) is 3.05. The van der Waals surface area contributed by atoms with Gasteiger partial charge in [0.15, 0.2) is 5.01 Å². The molecule has 2 aromatic heterocycles. The molecule has 1 aromatic carbocycles. The number of aromatic nitrogens is 2. The molecule has 22 heavy (non-hydrogen) atoms. The average molecular weight is 309 g/mol. The highest BCUT2D eigenvalue weighted by molar-refractivity contribution is 7.12. The third-order valence-corrected chi connectivity index (χ3v) is 4.09. The van der Waals surface area contributed by atoms with Crippen molar-refractivity contribution < 1.29 is 4.79 Å². The maximum atomic E-state index is 12.2. The van der Waals surface area contributed by atoms with E-state index in [4.69, 9.17) is 0 Å². The Morgan fingerprint density at radius 2 is 1.86 bits per heavy atom. The van der Waals surface area contributed by atoms with Gasteiger partial charge in [-0.05, 0) is 24.6 Å². The van der Waals surface area contributed by atoms with Crippen molar-refractivity contribution in [3.05, 3.63) is 70.3 Å². The number of rotatable bonds is 4. The van der Waals surface area contributed by atoms with Gasteiger partial charge < -0.3 is 5.32 Å². The fourth-order valence-electron chi connectivity index (χ4n) is 2.00. The van der Waals surface area contributed by atoms with E-state index in [9.17, 15) is 4.79 Å². The number of thiazole rings is 1. The first-order chi connectivity index (χ1) is 10.7. The summed E-state index contributed by atoms with van der Waals surface area (Å²) < 4.78 is 0. The first-order valence-corrected chi connectivity index (χ1v) is 7.80. The third kappa shape index (κ3) is 3.38. The SMILES string of the molecule is Cc1ccc(CNC(=O)c2nc(-c3ccncc3)cs2)cc1. The maximum absolute atomic E-state index is 12.2. The Balaban J connectivity index is 1.66. The summed E-state index contributed by atoms with van der Waals surface area (Å²) in [5, 5.41) is 5.25. The van der Waals surface area contributed by atoms with Crippen LogP contribution in [0.5, 0.6) is 0 Å². The molecule has 110 valence electrons. The molecular formula is C17H15N3OS. The van der Waals surface area contributed by atoms with Gasteiger partial charge >= 0.3 is 0 Å². The smallest absolute Gasteiger partial charge is 0.280 e. The lowest BCUT2D eigenvalue weighted by atomic mass is 10.1. The van der Waals surface area contributed by atoms with Crippen molar-refractivity contribution in [1.82, 2.24) is 15.3 Å². The zero-order valence-corrected chi connectivity index (χ0v) is 12.9. The van der Waals surface area contributed by atoms with Crippen molar-refractivity contribution in [3.63, 3.8) is 0 Å². The van der Waals surface area contributed by atoms with Gasteiger partial charge in [-0.3, -0.25) is 9.78 Å². The number of carbonyl (C=O) groups excluding carboxylic acids is 1. The minimum atomic E-state index is -0.147. The normalized spacial score (nSPS) is 10.4. The number of pyridine rings is 1. The molecule has 3 aromatic rings. The van der Waals surface area contributed by atoms with Crippen molar-refractivity contribution in [3.8, 4) is 11.3 Å². The van der Waals surface area contributed by atoms with E-state index in [1.807, 2.05) is 48.7 Å². The molecule has 0 aliphatic rings. The topological polar surface area (TPSA) is 54.9 Å². The van der Waals surface area contributed by atoms with Crippen LogP contribution in [-0.2, 0) is 6.54 Å². The van der Waals surface area contributed by atoms with E-state index >= 15 is 0 Å². The van der Waals surface area contributed by atoms with Crippen molar-refractivity contribution in [1.29, 1.82) is 0 Å². The van der Waals surface area contributed by atoms with Gasteiger partial charge in [-0.1, -0.05) is 29.8 Å². The Kier molecular flexibility index (Phi) is 4.25. The van der Waals surface area contributed by atoms with E-state index in [-0.39, 0.29) is 5.91 Å². The van der Waals surface area contributed by atoms with Crippen LogP contribution in [-0.4, -0.2) is 15.9 Å². The molecule has 0 radical (unpaired) electrons. The molecule has 0 fully saturated rings. The highest BCUT2D eigenvalue weighted by Crippen LogP contribution is 2.21. The zero-order valence-electron chi connectivity index (χ0n) is 12.1. The number of carbonyl (C=O) groups is 1. The molecule has 0 unspecified atom stereocenters. The third-order valence-electron chi connectivity index (χ3n) is 3.25. The van der Waals surface area contributed by atoms with E-state index in [1.54, 1.807) is 12.4 Å². The summed E-state index contributed by atoms with van der Waals surface area (Å²) in [6, 6.07) is 11.9. The molecule has 0 atom stereocenters. The summed E-state index contributed by atoms with van der Waals surface area (Å²) in [5.74, 6) is -0.147. The molecule has 0 aliphatic carbocycles. The summed E-state index contributed by atoms with van der Waals surface area (Å²) in [6.45, 7) is 2.54. The molecule has 5 heteroatoms. The summed E-state index contributed by atoms with van der Waals surface area (Å²) in [7, 11) is 0. The second kappa shape index (κ2) is 6.49. The fraction of sp³-hybridized carbons (Fsp3) is 0.118. The van der Waals surface area contributed by atoms with Crippen molar-refractivity contribution in [2.24, 2.45) is 0 Å². The molecule has 0 aliphatic heterocycles. The predicted octanol–water partition coefficient (Wildman–Crippen LogP) is 3.44. The van der Waals surface area contributed by atoms with Crippen LogP contribution in [0.4, 0.5) is 0 Å². The fourth-order valence-corrected chi connectivity index (χ4v) is 2.74. The Morgan fingerprint density at radius 3 is 2.59 bits per heavy atom. The van der Waals surface area contributed by atoms with Crippen molar-refractivity contribution in [2.75, 3.05) is 0 Å². The van der Waals surface area contributed by atoms with Crippen LogP contribution in [0.15, 0.2) is 54.2 Å². The minimum absolute atomic E-state index is 0.147. The zero-order chi connectivity index (χ0) is 15.4. The summed E-state index contributed by atoms with van der Waals surface area (Å²) in [6.07, 6.45) is 3.43. The molecule has 0 bridgehead atoms. The molecular weight excluding hydrogens is 294 g/mol. The first kappa shape index (κ1) is 14.4. The van der Waals surface area contributed by atoms with E-state index in [2.05, 4.69) is 15.3 Å². The number of benzene rings is 1. The number of hydrogen-bond donors (Lipinski definition) is 1. The monoisotopic (exact) mass is 309 g/mol. The summed E-state index contributed by atoms with van der Waals surface area (Å²) in [4.78, 5) is 20.5. The Hall–Kier alpha value is -2.53. The van der Waals surface area contributed by atoms with Crippen LogP contribution < -0.4 is 5.32 Å². The van der Waals surface area contributed by atoms with Gasteiger partial charge in [0.05, 0.1) is 5.69 Å². The number of amides is 1. The van der Waals surface area contributed by atoms with Gasteiger partial charge in [-0.15, -0.1) is 11.3 Å². The van der Waals surface area contributed by atoms with Gasteiger partial charge in [-0.2, -0.15) is 0 Å². The van der Waals surface area contributed by atoms with Crippen molar-refractivity contribution >= 4 is 17.2 Å². The van der Waals surface area contributed by atoms with E-state index in [0.29, 0.717) is 11.6 Å². The van der Waals surface area contributed by atoms with E-state index in [0.717, 1.165) is 16.8 Å². The highest BCUT2D eigenvalue weighted by atomic mass is 32.1. The molecule has 4 nitrogen and oxygen atoms in total. The van der Waals surface area contributed by atoms with E-state index < -0.39 is 0 Å². The number of nitrogens with zero attached hydrogens (tertiary/aromatic N) is 2. The van der Waals surface area contributed by atoms with Gasteiger partial charge in [0.25, 0.3) is 5.91 Å². The van der Waals surface area contributed by atoms with Crippen LogP contribution in [0.25, 0.3) is 11.3 Å². The Morgan fingerprint density at radius 1 is 1.14 bits per heavy atom. The molecule has 1 N–H and O–H groups in total. The van der Waals surface area contributed by atoms with Gasteiger partial charge in [0.1, 0.15) is 0 Å². The molecule has 3 rings (SSSR count). The Labute approximate surface area is 132 Å².